The number of anilines is 2. The smallest absolute Gasteiger partial charge is 0.259 e. The molecule has 0 N–H and O–H groups in total. The number of aryl methyl sites for hydroxylation is 2. The molecule has 0 bridgehead atoms. The number of halogens is 3. The number of piperidine rings is 1. The van der Waals surface area contributed by atoms with E-state index in [4.69, 9.17) is 9.72 Å². The Labute approximate surface area is 202 Å². The lowest BCUT2D eigenvalue weighted by Crippen LogP contribution is -3.00. The fourth-order valence-electron chi connectivity index (χ4n) is 4.41. The van der Waals surface area contributed by atoms with Gasteiger partial charge in [0.25, 0.3) is 15.3 Å². The number of ether oxygens (including phenoxy) is 1. The molecule has 1 aromatic heterocycles. The van der Waals surface area contributed by atoms with Crippen LogP contribution in [0.15, 0.2) is 24.3 Å². The van der Waals surface area contributed by atoms with E-state index in [1.54, 1.807) is 11.3 Å². The van der Waals surface area contributed by atoms with Crippen molar-refractivity contribution in [3.8, 4) is 0 Å². The number of hydrogen-bond acceptors (Lipinski definition) is 4. The largest absolute Gasteiger partial charge is 1.00 e. The molecule has 0 atom stereocenters. The minimum absolute atomic E-state index is 0. The van der Waals surface area contributed by atoms with E-state index in [9.17, 15) is 8.78 Å². The molecule has 166 valence electrons. The number of nitrogens with zero attached hydrogens (tertiary/aromatic N) is 3. The summed E-state index contributed by atoms with van der Waals surface area (Å²) in [6.45, 7) is 8.29. The maximum Gasteiger partial charge on any atom is 0.259 e. The molecule has 2 aliphatic rings. The Kier molecular flexibility index (Phi) is 6.52. The molecule has 0 spiro atoms. The highest BCUT2D eigenvalue weighted by Gasteiger charge is 2.34. The number of hydrogen-bond donors (Lipinski definition) is 0. The quantitative estimate of drug-likeness (QED) is 0.275. The van der Waals surface area contributed by atoms with E-state index >= 15 is 0 Å². The molecule has 2 saturated heterocycles. The number of aromatic nitrogens is 1. The van der Waals surface area contributed by atoms with E-state index in [-0.39, 0.29) is 36.8 Å². The van der Waals surface area contributed by atoms with Crippen LogP contribution in [0.1, 0.15) is 24.0 Å². The van der Waals surface area contributed by atoms with Crippen LogP contribution in [0.25, 0.3) is 20.4 Å². The highest BCUT2D eigenvalue weighted by Crippen LogP contribution is 2.37. The molecule has 8 heteroatoms. The van der Waals surface area contributed by atoms with Gasteiger partial charge in [-0.2, -0.15) is 0 Å². The summed E-state index contributed by atoms with van der Waals surface area (Å²) in [6, 6.07) is 8.67. The Bertz CT molecular complexity index is 1110. The molecule has 0 aliphatic carbocycles. The lowest BCUT2D eigenvalue weighted by atomic mass is 10.1. The van der Waals surface area contributed by atoms with Crippen molar-refractivity contribution in [2.24, 2.45) is 0 Å². The highest BCUT2D eigenvalue weighted by atomic mass is 127. The average molecular weight is 557 g/mol. The molecule has 5 rings (SSSR count). The number of benzene rings is 2. The van der Waals surface area contributed by atoms with Crippen LogP contribution in [0.5, 0.6) is 0 Å². The zero-order valence-electron chi connectivity index (χ0n) is 17.8. The van der Waals surface area contributed by atoms with Gasteiger partial charge in [-0.05, 0) is 37.1 Å². The van der Waals surface area contributed by atoms with Gasteiger partial charge in [-0.25, -0.2) is 13.8 Å². The first-order valence-electron chi connectivity index (χ1n) is 10.5. The first kappa shape index (κ1) is 22.8. The van der Waals surface area contributed by atoms with Crippen LogP contribution in [-0.4, -0.2) is 50.3 Å². The molecule has 0 unspecified atom stereocenters. The van der Waals surface area contributed by atoms with Crippen molar-refractivity contribution < 1.29 is 37.5 Å². The summed E-state index contributed by atoms with van der Waals surface area (Å²) in [5.41, 5.74) is 6.54. The zero-order chi connectivity index (χ0) is 20.9. The van der Waals surface area contributed by atoms with Crippen LogP contribution in [-0.2, 0) is 4.74 Å². The Hall–Kier alpha value is -1.39. The molecular formula is C23H26F2IN3OS. The normalized spacial score (nSPS) is 19.0. The molecule has 31 heavy (non-hydrogen) atoms. The van der Waals surface area contributed by atoms with Crippen LogP contribution < -0.4 is 33.8 Å². The predicted octanol–water partition coefficient (Wildman–Crippen LogP) is 2.42. The maximum atomic E-state index is 13.6. The van der Waals surface area contributed by atoms with Crippen LogP contribution in [0.2, 0.25) is 0 Å². The van der Waals surface area contributed by atoms with E-state index in [1.807, 2.05) is 0 Å². The molecule has 3 aromatic rings. The zero-order valence-corrected chi connectivity index (χ0v) is 20.7. The Morgan fingerprint density at radius 2 is 1.32 bits per heavy atom. The second-order valence-electron chi connectivity index (χ2n) is 8.38. The first-order valence-corrected chi connectivity index (χ1v) is 11.4. The van der Waals surface area contributed by atoms with Crippen LogP contribution in [0.4, 0.5) is 20.2 Å². The van der Waals surface area contributed by atoms with Crippen LogP contribution >= 0.6 is 11.3 Å². The fourth-order valence-corrected chi connectivity index (χ4v) is 5.61. The second-order valence-corrected chi connectivity index (χ2v) is 9.46. The summed E-state index contributed by atoms with van der Waals surface area (Å²) in [6.07, 6.45) is -0.156. The van der Waals surface area contributed by atoms with Gasteiger partial charge in [0.15, 0.2) is 0 Å². The molecule has 0 radical (unpaired) electrons. The number of fused-ring (bicyclic) bond motifs is 2. The van der Waals surface area contributed by atoms with Crippen molar-refractivity contribution in [2.45, 2.75) is 32.6 Å². The monoisotopic (exact) mass is 557 g/mol. The molecule has 2 aliphatic heterocycles. The molecule has 0 amide bonds. The summed E-state index contributed by atoms with van der Waals surface area (Å²) in [5.74, 6) is -2.53. The molecule has 2 aromatic carbocycles. The first-order chi connectivity index (χ1) is 14.4. The standard InChI is InChI=1S/C23H26F2N3OS.HI/c1-15-11-17(27-5-3-23(24,25)4-6-27)13-19-21(15)26-22-16(2)12-18(14-20(22)30-19)28-7-9-29-10-8-28;/h11-14H,3-10H2,1-2H3;1H/q+1;/p-1. The molecule has 4 nitrogen and oxygen atoms in total. The lowest BCUT2D eigenvalue weighted by Gasteiger charge is -2.33. The highest BCUT2D eigenvalue weighted by molar-refractivity contribution is 7.24. The number of rotatable bonds is 2. The lowest BCUT2D eigenvalue weighted by molar-refractivity contribution is -0.0220. The fraction of sp³-hybridized carbons (Fsp3) is 0.478. The Morgan fingerprint density at radius 3 is 1.84 bits per heavy atom. The number of morpholine rings is 1. The van der Waals surface area contributed by atoms with Crippen molar-refractivity contribution >= 4 is 43.1 Å². The van der Waals surface area contributed by atoms with Gasteiger partial charge in [0.05, 0.1) is 13.2 Å². The topological polar surface area (TPSA) is 28.6 Å². The number of alkyl halides is 2. The van der Waals surface area contributed by atoms with E-state index in [1.165, 1.54) is 11.3 Å². The molecule has 3 heterocycles. The maximum absolute atomic E-state index is 13.6. The van der Waals surface area contributed by atoms with Crippen molar-refractivity contribution in [1.82, 2.24) is 4.98 Å². The van der Waals surface area contributed by atoms with Crippen molar-refractivity contribution in [3.05, 3.63) is 35.4 Å². The molecular weight excluding hydrogens is 531 g/mol. The summed E-state index contributed by atoms with van der Waals surface area (Å²) in [4.78, 5) is 9.44. The van der Waals surface area contributed by atoms with Gasteiger partial charge in [0.1, 0.15) is 11.0 Å². The minimum Gasteiger partial charge on any atom is -1.00 e. The van der Waals surface area contributed by atoms with Gasteiger partial charge in [0, 0.05) is 62.5 Å². The SMILES string of the molecule is Cc1cc(N2CCOCC2)cc2[s+]c3cc(N4CCC(F)(F)CC4)cc(C)c3nc12.[I-]. The van der Waals surface area contributed by atoms with E-state index in [0.717, 1.165) is 58.0 Å². The van der Waals surface area contributed by atoms with E-state index in [0.29, 0.717) is 13.1 Å². The van der Waals surface area contributed by atoms with Gasteiger partial charge < -0.3 is 38.5 Å². The Morgan fingerprint density at radius 1 is 0.839 bits per heavy atom. The second kappa shape index (κ2) is 8.86. The van der Waals surface area contributed by atoms with Gasteiger partial charge in [-0.1, -0.05) is 0 Å². The third-order valence-electron chi connectivity index (χ3n) is 6.18. The van der Waals surface area contributed by atoms with Gasteiger partial charge >= 0.3 is 0 Å². The van der Waals surface area contributed by atoms with Crippen LogP contribution in [0.3, 0.4) is 0 Å². The summed E-state index contributed by atoms with van der Waals surface area (Å²) in [5, 5.41) is 0. The summed E-state index contributed by atoms with van der Waals surface area (Å²) in [7, 11) is 0. The summed E-state index contributed by atoms with van der Waals surface area (Å²) >= 11 is 1.74. The van der Waals surface area contributed by atoms with Gasteiger partial charge in [-0.15, -0.1) is 0 Å². The average Bonchev–Trinajstić information content (AvgIpc) is 2.73. The Balaban J connectivity index is 0.00000231. The van der Waals surface area contributed by atoms with Crippen molar-refractivity contribution in [3.63, 3.8) is 0 Å². The predicted molar refractivity (Wildman–Crippen MR) is 120 cm³/mol. The molecule has 0 saturated carbocycles. The third-order valence-corrected chi connectivity index (χ3v) is 7.24. The third kappa shape index (κ3) is 4.57. The minimum atomic E-state index is -2.53. The van der Waals surface area contributed by atoms with Crippen molar-refractivity contribution in [2.75, 3.05) is 49.2 Å². The summed E-state index contributed by atoms with van der Waals surface area (Å²) < 4.78 is 34.9. The van der Waals surface area contributed by atoms with Crippen LogP contribution in [0, 0.1) is 13.8 Å². The molecule has 2 fully saturated rings. The van der Waals surface area contributed by atoms with E-state index in [2.05, 4.69) is 47.9 Å². The van der Waals surface area contributed by atoms with Gasteiger partial charge in [-0.3, -0.25) is 0 Å². The van der Waals surface area contributed by atoms with E-state index < -0.39 is 5.92 Å². The van der Waals surface area contributed by atoms with Crippen molar-refractivity contribution in [1.29, 1.82) is 0 Å². The van der Waals surface area contributed by atoms with Gasteiger partial charge in [0.2, 0.25) is 11.3 Å².